The van der Waals surface area contributed by atoms with Crippen molar-refractivity contribution in [2.75, 3.05) is 32.4 Å². The highest BCUT2D eigenvalue weighted by Crippen LogP contribution is 2.16. The second-order valence-corrected chi connectivity index (χ2v) is 7.03. The topological polar surface area (TPSA) is 77.9 Å². The molecule has 0 aromatic heterocycles. The van der Waals surface area contributed by atoms with Crippen LogP contribution in [0, 0.1) is 5.82 Å². The quantitative estimate of drug-likeness (QED) is 0.880. The van der Waals surface area contributed by atoms with Gasteiger partial charge in [0, 0.05) is 32.7 Å². The van der Waals surface area contributed by atoms with Crippen molar-refractivity contribution < 1.29 is 22.7 Å². The van der Waals surface area contributed by atoms with E-state index in [4.69, 9.17) is 5.11 Å². The molecule has 1 N–H and O–H groups in total. The number of carbonyl (C=O) groups is 1. The van der Waals surface area contributed by atoms with E-state index >= 15 is 0 Å². The third-order valence-corrected chi connectivity index (χ3v) is 4.80. The van der Waals surface area contributed by atoms with E-state index in [2.05, 4.69) is 0 Å². The number of piperazine rings is 1. The first-order chi connectivity index (χ1) is 9.77. The highest BCUT2D eigenvalue weighted by molar-refractivity contribution is 7.88. The smallest absolute Gasteiger partial charge is 0.336 e. The predicted molar refractivity (Wildman–Crippen MR) is 75.1 cm³/mol. The Balaban J connectivity index is 2.07. The molecule has 116 valence electrons. The predicted octanol–water partition coefficient (Wildman–Crippen LogP) is 0.601. The van der Waals surface area contributed by atoms with E-state index in [0.29, 0.717) is 31.7 Å². The Hall–Kier alpha value is -1.51. The Bertz CT molecular complexity index is 640. The van der Waals surface area contributed by atoms with Crippen LogP contribution in [0.4, 0.5) is 4.39 Å². The molecule has 2 rings (SSSR count). The second kappa shape index (κ2) is 6.08. The fourth-order valence-corrected chi connectivity index (χ4v) is 3.19. The van der Waals surface area contributed by atoms with Crippen LogP contribution in [0.5, 0.6) is 0 Å². The number of nitrogens with zero attached hydrogens (tertiary/aromatic N) is 2. The molecule has 0 aliphatic carbocycles. The van der Waals surface area contributed by atoms with Gasteiger partial charge in [0.05, 0.1) is 11.8 Å². The highest BCUT2D eigenvalue weighted by atomic mass is 32.2. The third kappa shape index (κ3) is 3.99. The summed E-state index contributed by atoms with van der Waals surface area (Å²) < 4.78 is 37.5. The summed E-state index contributed by atoms with van der Waals surface area (Å²) in [6, 6.07) is 3.58. The summed E-state index contributed by atoms with van der Waals surface area (Å²) in [7, 11) is -3.20. The summed E-state index contributed by atoms with van der Waals surface area (Å²) >= 11 is 0. The maximum absolute atomic E-state index is 13.3. The van der Waals surface area contributed by atoms with Crippen molar-refractivity contribution in [3.8, 4) is 0 Å². The molecule has 1 heterocycles. The number of carboxylic acid groups (broad SMARTS) is 1. The van der Waals surface area contributed by atoms with Crippen LogP contribution in [0.2, 0.25) is 0 Å². The minimum Gasteiger partial charge on any atom is -0.478 e. The van der Waals surface area contributed by atoms with Crippen LogP contribution in [0.3, 0.4) is 0 Å². The van der Waals surface area contributed by atoms with Crippen molar-refractivity contribution in [1.82, 2.24) is 9.21 Å². The first-order valence-corrected chi connectivity index (χ1v) is 8.31. The number of hydrogen-bond acceptors (Lipinski definition) is 4. The molecular formula is C13H17FN2O4S. The molecule has 1 aromatic rings. The molecule has 0 bridgehead atoms. The number of sulfonamides is 1. The van der Waals surface area contributed by atoms with Crippen LogP contribution in [0.1, 0.15) is 15.9 Å². The number of rotatable bonds is 4. The van der Waals surface area contributed by atoms with Crippen molar-refractivity contribution in [2.24, 2.45) is 0 Å². The van der Waals surface area contributed by atoms with E-state index in [9.17, 15) is 17.6 Å². The summed E-state index contributed by atoms with van der Waals surface area (Å²) in [6.45, 7) is 1.98. The number of aromatic carboxylic acids is 1. The standard InChI is InChI=1S/C13H17FN2O4S/c1-21(19,20)16-6-4-15(5-7-16)9-10-8-11(14)2-3-12(10)13(17)18/h2-3,8H,4-7,9H2,1H3,(H,17,18). The average Bonchev–Trinajstić information content (AvgIpc) is 2.38. The van der Waals surface area contributed by atoms with Crippen LogP contribution in [-0.4, -0.2) is 61.1 Å². The van der Waals surface area contributed by atoms with Gasteiger partial charge in [-0.15, -0.1) is 0 Å². The minimum atomic E-state index is -3.20. The SMILES string of the molecule is CS(=O)(=O)N1CCN(Cc2cc(F)ccc2C(=O)O)CC1. The van der Waals surface area contributed by atoms with Gasteiger partial charge in [-0.2, -0.15) is 4.31 Å². The lowest BCUT2D eigenvalue weighted by molar-refractivity contribution is 0.0694. The minimum absolute atomic E-state index is 0.0712. The normalized spacial score (nSPS) is 17.8. The molecular weight excluding hydrogens is 299 g/mol. The molecule has 6 nitrogen and oxygen atoms in total. The third-order valence-electron chi connectivity index (χ3n) is 3.49. The van der Waals surface area contributed by atoms with Gasteiger partial charge in [0.2, 0.25) is 10.0 Å². The molecule has 1 aliphatic rings. The lowest BCUT2D eigenvalue weighted by Gasteiger charge is -2.33. The van der Waals surface area contributed by atoms with Crippen LogP contribution in [0.15, 0.2) is 18.2 Å². The summed E-state index contributed by atoms with van der Waals surface area (Å²) in [5, 5.41) is 9.11. The molecule has 0 saturated carbocycles. The number of carboxylic acids is 1. The van der Waals surface area contributed by atoms with Crippen molar-refractivity contribution >= 4 is 16.0 Å². The van der Waals surface area contributed by atoms with Gasteiger partial charge in [0.25, 0.3) is 0 Å². The van der Waals surface area contributed by atoms with Gasteiger partial charge in [-0.25, -0.2) is 17.6 Å². The van der Waals surface area contributed by atoms with Crippen molar-refractivity contribution in [1.29, 1.82) is 0 Å². The molecule has 21 heavy (non-hydrogen) atoms. The monoisotopic (exact) mass is 316 g/mol. The van der Waals surface area contributed by atoms with Gasteiger partial charge in [0.15, 0.2) is 0 Å². The number of halogens is 1. The average molecular weight is 316 g/mol. The van der Waals surface area contributed by atoms with E-state index in [1.54, 1.807) is 0 Å². The molecule has 1 fully saturated rings. The van der Waals surface area contributed by atoms with E-state index in [1.165, 1.54) is 16.4 Å². The fourth-order valence-electron chi connectivity index (χ4n) is 2.36. The maximum atomic E-state index is 13.3. The highest BCUT2D eigenvalue weighted by Gasteiger charge is 2.24. The Morgan fingerprint density at radius 3 is 2.43 bits per heavy atom. The first kappa shape index (κ1) is 15.9. The van der Waals surface area contributed by atoms with Gasteiger partial charge in [-0.1, -0.05) is 0 Å². The first-order valence-electron chi connectivity index (χ1n) is 6.46. The Labute approximate surface area is 122 Å². The van der Waals surface area contributed by atoms with E-state index in [1.807, 2.05) is 4.90 Å². The van der Waals surface area contributed by atoms with Crippen LogP contribution >= 0.6 is 0 Å². The van der Waals surface area contributed by atoms with Crippen molar-refractivity contribution in [2.45, 2.75) is 6.54 Å². The zero-order valence-electron chi connectivity index (χ0n) is 11.6. The zero-order chi connectivity index (χ0) is 15.6. The second-order valence-electron chi connectivity index (χ2n) is 5.04. The number of hydrogen-bond donors (Lipinski definition) is 1. The summed E-state index contributed by atoms with van der Waals surface area (Å²) in [6.07, 6.45) is 1.16. The molecule has 0 atom stereocenters. The maximum Gasteiger partial charge on any atom is 0.336 e. The molecule has 0 radical (unpaired) electrons. The van der Waals surface area contributed by atoms with E-state index < -0.39 is 21.8 Å². The fraction of sp³-hybridized carbons (Fsp3) is 0.462. The lowest BCUT2D eigenvalue weighted by Crippen LogP contribution is -2.47. The molecule has 0 spiro atoms. The Kier molecular flexibility index (Phi) is 4.60. The van der Waals surface area contributed by atoms with Gasteiger partial charge in [0.1, 0.15) is 5.82 Å². The summed E-state index contributed by atoms with van der Waals surface area (Å²) in [5.74, 6) is -1.58. The summed E-state index contributed by atoms with van der Waals surface area (Å²) in [5.41, 5.74) is 0.470. The zero-order valence-corrected chi connectivity index (χ0v) is 12.4. The van der Waals surface area contributed by atoms with Gasteiger partial charge in [-0.05, 0) is 23.8 Å². The molecule has 0 unspecified atom stereocenters. The van der Waals surface area contributed by atoms with Crippen LogP contribution in [0.25, 0.3) is 0 Å². The molecule has 8 heteroatoms. The van der Waals surface area contributed by atoms with E-state index in [-0.39, 0.29) is 12.1 Å². The lowest BCUT2D eigenvalue weighted by atomic mass is 10.1. The van der Waals surface area contributed by atoms with Crippen molar-refractivity contribution in [3.05, 3.63) is 35.1 Å². The van der Waals surface area contributed by atoms with Crippen molar-refractivity contribution in [3.63, 3.8) is 0 Å². The molecule has 0 amide bonds. The van der Waals surface area contributed by atoms with Crippen LogP contribution < -0.4 is 0 Å². The Morgan fingerprint density at radius 2 is 1.90 bits per heavy atom. The largest absolute Gasteiger partial charge is 0.478 e. The van der Waals surface area contributed by atoms with Crippen LogP contribution in [-0.2, 0) is 16.6 Å². The molecule has 1 aromatic carbocycles. The van der Waals surface area contributed by atoms with Gasteiger partial charge >= 0.3 is 5.97 Å². The van der Waals surface area contributed by atoms with E-state index in [0.717, 1.165) is 12.3 Å². The number of benzene rings is 1. The summed E-state index contributed by atoms with van der Waals surface area (Å²) in [4.78, 5) is 13.0. The Morgan fingerprint density at radius 1 is 1.29 bits per heavy atom. The van der Waals surface area contributed by atoms with Gasteiger partial charge in [-0.3, -0.25) is 4.90 Å². The molecule has 1 saturated heterocycles. The molecule has 1 aliphatic heterocycles. The van der Waals surface area contributed by atoms with Gasteiger partial charge < -0.3 is 5.11 Å².